The smallest absolute Gasteiger partial charge is 0.225 e. The molecule has 0 aliphatic heterocycles. The van der Waals surface area contributed by atoms with Crippen LogP contribution in [-0.2, 0) is 5.54 Å². The lowest BCUT2D eigenvalue weighted by atomic mass is 10.0. The first-order valence-corrected chi connectivity index (χ1v) is 5.39. The van der Waals surface area contributed by atoms with Gasteiger partial charge in [0.1, 0.15) is 5.82 Å². The zero-order chi connectivity index (χ0) is 10.9. The first-order chi connectivity index (χ1) is 6.40. The maximum Gasteiger partial charge on any atom is 0.225 e. The van der Waals surface area contributed by atoms with Crippen molar-refractivity contribution >= 4 is 11.6 Å². The minimum atomic E-state index is -0.0137. The highest BCUT2D eigenvalue weighted by Gasteiger charge is 2.26. The van der Waals surface area contributed by atoms with Gasteiger partial charge in [0.25, 0.3) is 0 Å². The third kappa shape index (κ3) is 1.92. The highest BCUT2D eigenvalue weighted by atomic mass is 35.5. The van der Waals surface area contributed by atoms with Crippen molar-refractivity contribution in [2.24, 2.45) is 0 Å². The van der Waals surface area contributed by atoms with Gasteiger partial charge in [-0.15, -0.1) is 10.2 Å². The molecule has 0 amide bonds. The van der Waals surface area contributed by atoms with E-state index in [9.17, 15) is 0 Å². The average Bonchev–Trinajstić information content (AvgIpc) is 2.47. The molecular weight excluding hydrogens is 198 g/mol. The van der Waals surface area contributed by atoms with Crippen LogP contribution in [0.5, 0.6) is 0 Å². The Balaban J connectivity index is 3.24. The molecule has 0 aliphatic carbocycles. The molecule has 0 atom stereocenters. The van der Waals surface area contributed by atoms with E-state index >= 15 is 0 Å². The van der Waals surface area contributed by atoms with Gasteiger partial charge in [-0.1, -0.05) is 20.8 Å². The summed E-state index contributed by atoms with van der Waals surface area (Å²) in [4.78, 5) is 0. The van der Waals surface area contributed by atoms with Crippen LogP contribution in [0.2, 0.25) is 5.28 Å². The molecule has 0 spiro atoms. The fraction of sp³-hybridized carbons (Fsp3) is 0.800. The third-order valence-electron chi connectivity index (χ3n) is 2.64. The maximum atomic E-state index is 6.04. The van der Waals surface area contributed by atoms with Crippen molar-refractivity contribution in [3.63, 3.8) is 0 Å². The number of nitrogens with zero attached hydrogens (tertiary/aromatic N) is 3. The molecule has 0 bridgehead atoms. The molecule has 3 nitrogen and oxygen atoms in total. The van der Waals surface area contributed by atoms with Crippen LogP contribution < -0.4 is 0 Å². The van der Waals surface area contributed by atoms with Crippen LogP contribution in [0.25, 0.3) is 0 Å². The molecule has 0 aliphatic rings. The van der Waals surface area contributed by atoms with Crippen molar-refractivity contribution in [3.8, 4) is 0 Å². The number of halogens is 1. The lowest BCUT2D eigenvalue weighted by molar-refractivity contribution is 0.327. The van der Waals surface area contributed by atoms with Crippen LogP contribution in [0.4, 0.5) is 0 Å². The zero-order valence-electron chi connectivity index (χ0n) is 9.50. The van der Waals surface area contributed by atoms with Gasteiger partial charge in [0.2, 0.25) is 5.28 Å². The number of hydrogen-bond donors (Lipinski definition) is 0. The van der Waals surface area contributed by atoms with Gasteiger partial charge in [0.05, 0.1) is 0 Å². The summed E-state index contributed by atoms with van der Waals surface area (Å²) in [5.41, 5.74) is -0.0137. The average molecular weight is 216 g/mol. The SMILES string of the molecule is CCC(C)(C)n1c(Cl)nnc1C(C)C. The van der Waals surface area contributed by atoms with Crippen LogP contribution in [-0.4, -0.2) is 14.8 Å². The molecular formula is C10H18ClN3. The highest BCUT2D eigenvalue weighted by molar-refractivity contribution is 6.28. The summed E-state index contributed by atoms with van der Waals surface area (Å²) in [5, 5.41) is 8.53. The molecule has 0 radical (unpaired) electrons. The molecule has 80 valence electrons. The van der Waals surface area contributed by atoms with Crippen LogP contribution >= 0.6 is 11.6 Å². The second kappa shape index (κ2) is 3.89. The van der Waals surface area contributed by atoms with E-state index < -0.39 is 0 Å². The van der Waals surface area contributed by atoms with Gasteiger partial charge in [0, 0.05) is 11.5 Å². The second-order valence-corrected chi connectivity index (χ2v) is 4.82. The van der Waals surface area contributed by atoms with Gasteiger partial charge >= 0.3 is 0 Å². The van der Waals surface area contributed by atoms with Gasteiger partial charge in [-0.2, -0.15) is 0 Å². The summed E-state index contributed by atoms with van der Waals surface area (Å²) in [6.45, 7) is 10.6. The van der Waals surface area contributed by atoms with E-state index in [0.29, 0.717) is 11.2 Å². The summed E-state index contributed by atoms with van der Waals surface area (Å²) in [5.74, 6) is 1.31. The first kappa shape index (κ1) is 11.5. The van der Waals surface area contributed by atoms with E-state index in [1.54, 1.807) is 0 Å². The molecule has 1 aromatic rings. The summed E-state index contributed by atoms with van der Waals surface area (Å²) in [7, 11) is 0. The summed E-state index contributed by atoms with van der Waals surface area (Å²) < 4.78 is 2.03. The predicted octanol–water partition coefficient (Wildman–Crippen LogP) is 3.20. The minimum absolute atomic E-state index is 0.0137. The van der Waals surface area contributed by atoms with Gasteiger partial charge < -0.3 is 0 Å². The Bertz CT molecular complexity index is 315. The van der Waals surface area contributed by atoms with Crippen molar-refractivity contribution < 1.29 is 0 Å². The van der Waals surface area contributed by atoms with Crippen molar-refractivity contribution in [2.45, 2.75) is 52.5 Å². The molecule has 0 fully saturated rings. The lowest BCUT2D eigenvalue weighted by Gasteiger charge is -2.27. The van der Waals surface area contributed by atoms with E-state index in [1.807, 2.05) is 4.57 Å². The predicted molar refractivity (Wildman–Crippen MR) is 58.7 cm³/mol. The Morgan fingerprint density at radius 3 is 2.36 bits per heavy atom. The quantitative estimate of drug-likeness (QED) is 0.776. The van der Waals surface area contributed by atoms with Crippen LogP contribution in [0.1, 0.15) is 52.8 Å². The Kier molecular flexibility index (Phi) is 3.20. The lowest BCUT2D eigenvalue weighted by Crippen LogP contribution is -2.27. The molecule has 0 unspecified atom stereocenters. The Hall–Kier alpha value is -0.570. The van der Waals surface area contributed by atoms with E-state index in [2.05, 4.69) is 44.8 Å². The number of rotatable bonds is 3. The van der Waals surface area contributed by atoms with Crippen molar-refractivity contribution in [3.05, 3.63) is 11.1 Å². The van der Waals surface area contributed by atoms with Gasteiger partial charge in [-0.05, 0) is 31.9 Å². The summed E-state index contributed by atoms with van der Waals surface area (Å²) in [6, 6.07) is 0. The Morgan fingerprint density at radius 1 is 1.36 bits per heavy atom. The van der Waals surface area contributed by atoms with Crippen molar-refractivity contribution in [2.75, 3.05) is 0 Å². The standard InChI is InChI=1S/C10H18ClN3/c1-6-10(4,5)14-8(7(2)3)12-13-9(14)11/h7H,6H2,1-5H3. The monoisotopic (exact) mass is 215 g/mol. The van der Waals surface area contributed by atoms with Crippen LogP contribution in [0, 0.1) is 0 Å². The molecule has 1 heterocycles. The van der Waals surface area contributed by atoms with Crippen molar-refractivity contribution in [1.82, 2.24) is 14.8 Å². The largest absolute Gasteiger partial charge is 0.296 e. The Labute approximate surface area is 90.5 Å². The topological polar surface area (TPSA) is 30.7 Å². The van der Waals surface area contributed by atoms with E-state index in [-0.39, 0.29) is 5.54 Å². The molecule has 1 rings (SSSR count). The van der Waals surface area contributed by atoms with E-state index in [0.717, 1.165) is 12.2 Å². The normalized spacial score (nSPS) is 12.5. The van der Waals surface area contributed by atoms with Crippen LogP contribution in [0.15, 0.2) is 0 Å². The fourth-order valence-electron chi connectivity index (χ4n) is 1.37. The molecule has 4 heteroatoms. The molecule has 14 heavy (non-hydrogen) atoms. The van der Waals surface area contributed by atoms with Gasteiger partial charge in [-0.25, -0.2) is 0 Å². The summed E-state index contributed by atoms with van der Waals surface area (Å²) >= 11 is 6.04. The van der Waals surface area contributed by atoms with E-state index in [1.165, 1.54) is 0 Å². The minimum Gasteiger partial charge on any atom is -0.296 e. The third-order valence-corrected chi connectivity index (χ3v) is 2.88. The molecule has 0 aromatic carbocycles. The van der Waals surface area contributed by atoms with Gasteiger partial charge in [0.15, 0.2) is 0 Å². The first-order valence-electron chi connectivity index (χ1n) is 5.01. The highest BCUT2D eigenvalue weighted by Crippen LogP contribution is 2.28. The fourth-order valence-corrected chi connectivity index (χ4v) is 1.72. The molecule has 0 saturated carbocycles. The van der Waals surface area contributed by atoms with E-state index in [4.69, 9.17) is 11.6 Å². The number of hydrogen-bond acceptors (Lipinski definition) is 2. The second-order valence-electron chi connectivity index (χ2n) is 4.48. The van der Waals surface area contributed by atoms with Gasteiger partial charge in [-0.3, -0.25) is 4.57 Å². The maximum absolute atomic E-state index is 6.04. The zero-order valence-corrected chi connectivity index (χ0v) is 10.3. The van der Waals surface area contributed by atoms with Crippen molar-refractivity contribution in [1.29, 1.82) is 0 Å². The molecule has 1 aromatic heterocycles. The number of aromatic nitrogens is 3. The molecule has 0 N–H and O–H groups in total. The van der Waals surface area contributed by atoms with Crippen LogP contribution in [0.3, 0.4) is 0 Å². The Morgan fingerprint density at radius 2 is 1.93 bits per heavy atom. The molecule has 0 saturated heterocycles. The summed E-state index contributed by atoms with van der Waals surface area (Å²) in [6.07, 6.45) is 1.00.